The molecule has 0 bridgehead atoms. The molecule has 2 rings (SSSR count). The lowest BCUT2D eigenvalue weighted by Gasteiger charge is -2.08. The highest BCUT2D eigenvalue weighted by atomic mass is 79.9. The first-order valence-electron chi connectivity index (χ1n) is 5.90. The highest BCUT2D eigenvalue weighted by Crippen LogP contribution is 2.21. The maximum Gasteiger partial charge on any atom is 0.304 e. The maximum absolute atomic E-state index is 13.4. The second-order valence-electron chi connectivity index (χ2n) is 4.26. The Hall–Kier alpha value is -2.02. The van der Waals surface area contributed by atoms with Crippen LogP contribution in [0.25, 0.3) is 0 Å². The molecule has 7 heteroatoms. The summed E-state index contributed by atoms with van der Waals surface area (Å²) in [6.07, 6.45) is 0. The molecule has 0 aliphatic carbocycles. The minimum atomic E-state index is -0.929. The fourth-order valence-electron chi connectivity index (χ4n) is 1.74. The first kappa shape index (κ1) is 15.4. The molecule has 0 fully saturated rings. The Bertz CT molecular complexity index is 679. The molecule has 0 atom stereocenters. The van der Waals surface area contributed by atoms with Crippen LogP contribution in [-0.2, 0) is 11.9 Å². The van der Waals surface area contributed by atoms with E-state index in [0.717, 1.165) is 12.1 Å². The first-order valence-corrected chi connectivity index (χ1v) is 7.03. The van der Waals surface area contributed by atoms with E-state index in [1.807, 2.05) is 0 Å². The van der Waals surface area contributed by atoms with E-state index >= 15 is 0 Å². The highest BCUT2D eigenvalue weighted by molar-refractivity contribution is 9.08. The molecule has 0 N–H and O–H groups in total. The number of nitro benzene ring substituents is 1. The molecule has 0 aliphatic rings. The van der Waals surface area contributed by atoms with E-state index in [-0.39, 0.29) is 6.61 Å². The number of benzene rings is 2. The van der Waals surface area contributed by atoms with Gasteiger partial charge < -0.3 is 4.74 Å². The van der Waals surface area contributed by atoms with Gasteiger partial charge in [-0.15, -0.1) is 0 Å². The van der Waals surface area contributed by atoms with E-state index < -0.39 is 22.2 Å². The average molecular weight is 358 g/mol. The molecule has 2 aromatic carbocycles. The summed E-state index contributed by atoms with van der Waals surface area (Å²) < 4.78 is 32.1. The van der Waals surface area contributed by atoms with Crippen molar-refractivity contribution < 1.29 is 18.4 Å². The number of hydrogen-bond acceptors (Lipinski definition) is 3. The summed E-state index contributed by atoms with van der Waals surface area (Å²) in [5, 5.41) is 11.0. The topological polar surface area (TPSA) is 52.4 Å². The zero-order chi connectivity index (χ0) is 15.4. The third kappa shape index (κ3) is 3.98. The van der Waals surface area contributed by atoms with Crippen LogP contribution in [0.15, 0.2) is 36.4 Å². The molecule has 0 amide bonds. The van der Waals surface area contributed by atoms with E-state index in [9.17, 15) is 18.9 Å². The van der Waals surface area contributed by atoms with Crippen LogP contribution in [0.1, 0.15) is 11.1 Å². The Balaban J connectivity index is 2.11. The van der Waals surface area contributed by atoms with Crippen LogP contribution in [0.5, 0.6) is 5.75 Å². The SMILES string of the molecule is O=[N+]([O-])c1ccc(COc2cc(F)cc(CBr)c2)cc1F. The Labute approximate surface area is 127 Å². The Kier molecular flexibility index (Phi) is 4.85. The molecular weight excluding hydrogens is 348 g/mol. The lowest BCUT2D eigenvalue weighted by molar-refractivity contribution is -0.387. The standard InChI is InChI=1S/C14H10BrF2NO3/c15-7-10-3-11(16)6-12(4-10)21-8-9-1-2-14(18(19)20)13(17)5-9/h1-6H,7-8H2. The summed E-state index contributed by atoms with van der Waals surface area (Å²) in [5.74, 6) is -1.05. The zero-order valence-electron chi connectivity index (χ0n) is 10.7. The fourth-order valence-corrected chi connectivity index (χ4v) is 2.06. The highest BCUT2D eigenvalue weighted by Gasteiger charge is 2.13. The van der Waals surface area contributed by atoms with Gasteiger partial charge >= 0.3 is 5.69 Å². The number of rotatable bonds is 5. The summed E-state index contributed by atoms with van der Waals surface area (Å²) >= 11 is 3.22. The van der Waals surface area contributed by atoms with Gasteiger partial charge in [0.05, 0.1) is 4.92 Å². The van der Waals surface area contributed by atoms with Crippen LogP contribution in [0.4, 0.5) is 14.5 Å². The number of ether oxygens (including phenoxy) is 1. The van der Waals surface area contributed by atoms with Gasteiger partial charge in [-0.25, -0.2) is 4.39 Å². The number of nitro groups is 1. The normalized spacial score (nSPS) is 10.4. The van der Waals surface area contributed by atoms with Crippen LogP contribution in [-0.4, -0.2) is 4.92 Å². The summed E-state index contributed by atoms with van der Waals surface area (Å²) in [6.45, 7) is -0.0138. The van der Waals surface area contributed by atoms with Gasteiger partial charge in [-0.1, -0.05) is 15.9 Å². The van der Waals surface area contributed by atoms with Crippen molar-refractivity contribution in [2.24, 2.45) is 0 Å². The second kappa shape index (κ2) is 6.62. The summed E-state index contributed by atoms with van der Waals surface area (Å²) in [7, 11) is 0. The molecule has 21 heavy (non-hydrogen) atoms. The summed E-state index contributed by atoms with van der Waals surface area (Å²) in [5.41, 5.74) is 0.536. The van der Waals surface area contributed by atoms with E-state index in [4.69, 9.17) is 4.74 Å². The Morgan fingerprint density at radius 2 is 1.90 bits per heavy atom. The lowest BCUT2D eigenvalue weighted by atomic mass is 10.2. The lowest BCUT2D eigenvalue weighted by Crippen LogP contribution is -1.99. The molecule has 0 saturated heterocycles. The van der Waals surface area contributed by atoms with Crippen LogP contribution in [0.3, 0.4) is 0 Å². The van der Waals surface area contributed by atoms with E-state index in [1.165, 1.54) is 18.2 Å². The van der Waals surface area contributed by atoms with Gasteiger partial charge in [-0.3, -0.25) is 10.1 Å². The van der Waals surface area contributed by atoms with Crippen molar-refractivity contribution in [3.05, 3.63) is 69.3 Å². The zero-order valence-corrected chi connectivity index (χ0v) is 12.3. The number of alkyl halides is 1. The van der Waals surface area contributed by atoms with Crippen LogP contribution >= 0.6 is 15.9 Å². The molecule has 0 aliphatic heterocycles. The van der Waals surface area contributed by atoms with Gasteiger partial charge in [0.1, 0.15) is 18.2 Å². The van der Waals surface area contributed by atoms with Crippen molar-refractivity contribution in [2.45, 2.75) is 11.9 Å². The minimum absolute atomic E-state index is 0.0138. The van der Waals surface area contributed by atoms with Crippen molar-refractivity contribution in [2.75, 3.05) is 0 Å². The van der Waals surface area contributed by atoms with Crippen molar-refractivity contribution in [1.29, 1.82) is 0 Å². The van der Waals surface area contributed by atoms with Crippen LogP contribution < -0.4 is 4.74 Å². The molecule has 2 aromatic rings. The molecule has 0 spiro atoms. The molecule has 0 saturated carbocycles. The molecule has 0 radical (unpaired) electrons. The van der Waals surface area contributed by atoms with Crippen molar-refractivity contribution >= 4 is 21.6 Å². The Morgan fingerprint density at radius 1 is 1.14 bits per heavy atom. The third-order valence-electron chi connectivity index (χ3n) is 2.70. The summed E-state index contributed by atoms with van der Waals surface area (Å²) in [6, 6.07) is 7.74. The third-order valence-corrected chi connectivity index (χ3v) is 3.35. The van der Waals surface area contributed by atoms with Gasteiger partial charge in [0.15, 0.2) is 0 Å². The van der Waals surface area contributed by atoms with E-state index in [1.54, 1.807) is 6.07 Å². The average Bonchev–Trinajstić information content (AvgIpc) is 2.44. The molecule has 4 nitrogen and oxygen atoms in total. The quantitative estimate of drug-likeness (QED) is 0.454. The van der Waals surface area contributed by atoms with Gasteiger partial charge in [0.2, 0.25) is 5.82 Å². The van der Waals surface area contributed by atoms with E-state index in [2.05, 4.69) is 15.9 Å². The molecule has 0 unspecified atom stereocenters. The number of hydrogen-bond donors (Lipinski definition) is 0. The second-order valence-corrected chi connectivity index (χ2v) is 4.82. The fraction of sp³-hybridized carbons (Fsp3) is 0.143. The Morgan fingerprint density at radius 3 is 2.52 bits per heavy atom. The van der Waals surface area contributed by atoms with Crippen molar-refractivity contribution in [3.63, 3.8) is 0 Å². The maximum atomic E-state index is 13.4. The molecule has 0 aromatic heterocycles. The predicted molar refractivity (Wildman–Crippen MR) is 76.4 cm³/mol. The first-order chi connectivity index (χ1) is 9.99. The number of halogens is 3. The molecular formula is C14H10BrF2NO3. The van der Waals surface area contributed by atoms with Gasteiger partial charge in [0.25, 0.3) is 0 Å². The van der Waals surface area contributed by atoms with Gasteiger partial charge in [0, 0.05) is 17.5 Å². The minimum Gasteiger partial charge on any atom is -0.489 e. The van der Waals surface area contributed by atoms with E-state index in [0.29, 0.717) is 22.2 Å². The van der Waals surface area contributed by atoms with Gasteiger partial charge in [-0.2, -0.15) is 4.39 Å². The monoisotopic (exact) mass is 357 g/mol. The smallest absolute Gasteiger partial charge is 0.304 e. The van der Waals surface area contributed by atoms with Crippen molar-refractivity contribution in [1.82, 2.24) is 0 Å². The van der Waals surface area contributed by atoms with Crippen LogP contribution in [0, 0.1) is 21.7 Å². The van der Waals surface area contributed by atoms with Crippen molar-refractivity contribution in [3.8, 4) is 5.75 Å². The van der Waals surface area contributed by atoms with Gasteiger partial charge in [-0.05, 0) is 35.4 Å². The molecule has 110 valence electrons. The largest absolute Gasteiger partial charge is 0.489 e. The molecule has 0 heterocycles. The predicted octanol–water partition coefficient (Wildman–Crippen LogP) is 4.35. The number of nitrogens with zero attached hydrogens (tertiary/aromatic N) is 1. The summed E-state index contributed by atoms with van der Waals surface area (Å²) in [4.78, 5) is 9.71. The van der Waals surface area contributed by atoms with Crippen LogP contribution in [0.2, 0.25) is 0 Å².